The molecule has 0 aliphatic carbocycles. The monoisotopic (exact) mass is 1810 g/mol. The van der Waals surface area contributed by atoms with Gasteiger partial charge in [0.15, 0.2) is 29.7 Å². The normalized spacial score (nSPS) is 13.5. The average molecular weight is 1820 g/mol. The van der Waals surface area contributed by atoms with Gasteiger partial charge in [0.25, 0.3) is 0 Å². The highest BCUT2D eigenvalue weighted by molar-refractivity contribution is 9.11. The summed E-state index contributed by atoms with van der Waals surface area (Å²) in [5.74, 6) is -3.37. The molecule has 16 nitrogen and oxygen atoms in total. The molecule has 0 spiro atoms. The van der Waals surface area contributed by atoms with Crippen molar-refractivity contribution in [2.75, 3.05) is 48.3 Å². The number of halogens is 23. The Morgan fingerprint density at radius 1 is 0.556 bits per heavy atom. The number of thioether (sulfide) groups is 1. The van der Waals surface area contributed by atoms with Crippen molar-refractivity contribution in [1.29, 1.82) is 0 Å². The number of aromatic nitrogens is 7. The summed E-state index contributed by atoms with van der Waals surface area (Å²) in [6.07, 6.45) is -15.0. The number of alkyl halides is 15. The molecular formula is C66H54Br3ClF19N9O7S3. The van der Waals surface area contributed by atoms with Crippen LogP contribution in [0.3, 0.4) is 0 Å². The van der Waals surface area contributed by atoms with Crippen LogP contribution in [0, 0.1) is 23.3 Å². The minimum Gasteiger partial charge on any atom is -0.478 e. The number of hydrogen-bond acceptors (Lipinski definition) is 15. The second-order valence-electron chi connectivity index (χ2n) is 23.8. The van der Waals surface area contributed by atoms with Gasteiger partial charge in [-0.1, -0.05) is 23.7 Å². The zero-order valence-corrected chi connectivity index (χ0v) is 64.2. The molecule has 0 radical (unpaired) electrons. The number of nitrogens with one attached hydrogen (secondary N) is 1. The molecule has 584 valence electrons. The number of pyridine rings is 5. The van der Waals surface area contributed by atoms with Gasteiger partial charge < -0.3 is 24.3 Å². The first-order chi connectivity index (χ1) is 49.7. The fraction of sp³-hybridized carbons (Fsp3) is 0.303. The van der Waals surface area contributed by atoms with Gasteiger partial charge in [-0.05, 0) is 154 Å². The summed E-state index contributed by atoms with van der Waals surface area (Å²) in [6.45, 7) is 6.99. The van der Waals surface area contributed by atoms with E-state index in [0.29, 0.717) is 46.9 Å². The fourth-order valence-corrected chi connectivity index (χ4v) is 13.2. The minimum atomic E-state index is -4.89. The topological polar surface area (TPSA) is 195 Å². The zero-order chi connectivity index (χ0) is 80.9. The van der Waals surface area contributed by atoms with E-state index in [1.165, 1.54) is 34.9 Å². The molecule has 42 heteroatoms. The lowest BCUT2D eigenvalue weighted by atomic mass is 10.1. The predicted molar refractivity (Wildman–Crippen MR) is 371 cm³/mol. The van der Waals surface area contributed by atoms with E-state index in [4.69, 9.17) is 21.1 Å². The number of benzene rings is 2. The molecule has 0 atom stereocenters. The van der Waals surface area contributed by atoms with Crippen molar-refractivity contribution in [1.82, 2.24) is 34.5 Å². The lowest BCUT2D eigenvalue weighted by Crippen LogP contribution is -2.34. The molecule has 11 rings (SSSR count). The van der Waals surface area contributed by atoms with Crippen molar-refractivity contribution in [2.45, 2.75) is 105 Å². The Balaban J connectivity index is 0.000000204. The van der Waals surface area contributed by atoms with Crippen LogP contribution in [0.25, 0.3) is 22.5 Å². The van der Waals surface area contributed by atoms with Gasteiger partial charge in [0.2, 0.25) is 5.88 Å². The number of ether oxygens (including phenoxy) is 2. The molecule has 0 unspecified atom stereocenters. The SMILES string of the molecule is CC(C)(C)OC(=O)n1c(-c2c(F)cccc2F)cc2c1CCN(c1cnc(S(C)(=O)=O)cc1C(F)(F)F)C2.CCOc1cc(C(F)(F)F)c(N2CCc3[nH]c(-c4c(F)cccc4F)cc3C2)cn1.CS(=O)(=O)c1cc(C(F)(F)F)c(Br)cn1.CSc1cc(C(F)(F)F)c(Br)cn1.FC(F)(F)c1cc(Cl)ncc1Br. The molecule has 9 heterocycles. The van der Waals surface area contributed by atoms with E-state index in [0.717, 1.165) is 96.2 Å². The maximum Gasteiger partial charge on any atom is 0.419 e. The van der Waals surface area contributed by atoms with Crippen molar-refractivity contribution in [3.63, 3.8) is 0 Å². The van der Waals surface area contributed by atoms with Crippen LogP contribution in [0.4, 0.5) is 99.6 Å². The van der Waals surface area contributed by atoms with E-state index in [1.54, 1.807) is 44.9 Å². The quantitative estimate of drug-likeness (QED) is 0.0813. The summed E-state index contributed by atoms with van der Waals surface area (Å²) >= 11 is 14.7. The van der Waals surface area contributed by atoms with E-state index in [-0.39, 0.29) is 85.4 Å². The summed E-state index contributed by atoms with van der Waals surface area (Å²) in [5, 5.41) is -1.14. The number of sulfone groups is 2. The first-order valence-electron chi connectivity index (χ1n) is 30.3. The number of H-pyrrole nitrogens is 1. The number of carbonyl (C=O) groups is 1. The fourth-order valence-electron chi connectivity index (χ4n) is 10.2. The second-order valence-corrected chi connectivity index (χ2v) is 31.5. The zero-order valence-electron chi connectivity index (χ0n) is 56.2. The number of carbonyl (C=O) groups excluding carboxylic acids is 1. The minimum absolute atomic E-state index is 0.0236. The standard InChI is InChI=1S/C25H24F5N3O4S.C21H18F5N3O.C7H5BrF3NO2S.C7H5BrF3NS.C6H2BrClF3N/c1-24(2,3)37-23(34)33-18-8-9-32(13-14(18)10-19(33)22-16(26)6-5-7-17(22)27)20-12-31-21(38(4,35)36)11-15(20)25(28,29)30;1-2-30-19-9-13(21(24,25)26)18(10-27-19)29-7-6-16-12(11-29)8-17(28-16)20-14(22)4-3-5-15(20)23;1-15(13,14)6-2-4(7(9,10)11)5(8)3-12-6;1-13-6-2-4(7(9,10)11)5(8)3-12-6;7-4-2-12-5(8)1-3(4)6(9,10)11/h5-7,10-12H,8-9,13H2,1-4H3;3-5,8-10,28H,2,6-7,11H2,1H3;2-3H,1H3;2-3H,1H3;1-2H. The first kappa shape index (κ1) is 87.5. The Kier molecular flexibility index (Phi) is 27.8. The molecule has 2 aliphatic rings. The largest absolute Gasteiger partial charge is 0.478 e. The molecule has 0 bridgehead atoms. The van der Waals surface area contributed by atoms with Crippen LogP contribution in [-0.2, 0) is 81.2 Å². The van der Waals surface area contributed by atoms with Gasteiger partial charge >= 0.3 is 37.0 Å². The van der Waals surface area contributed by atoms with Gasteiger partial charge in [0.1, 0.15) is 34.0 Å². The number of anilines is 2. The van der Waals surface area contributed by atoms with Crippen molar-refractivity contribution < 1.29 is 115 Å². The van der Waals surface area contributed by atoms with Gasteiger partial charge in [-0.25, -0.2) is 68.7 Å². The average Bonchev–Trinajstić information content (AvgIpc) is 1.60. The van der Waals surface area contributed by atoms with Crippen molar-refractivity contribution in [2.24, 2.45) is 0 Å². The van der Waals surface area contributed by atoms with E-state index < -0.39 is 129 Å². The van der Waals surface area contributed by atoms with Crippen molar-refractivity contribution >= 4 is 108 Å². The van der Waals surface area contributed by atoms with Gasteiger partial charge in [-0.3, -0.25) is 0 Å². The lowest BCUT2D eigenvalue weighted by Gasteiger charge is -2.31. The third-order valence-electron chi connectivity index (χ3n) is 14.9. The van der Waals surface area contributed by atoms with Gasteiger partial charge in [0.05, 0.1) is 85.7 Å². The number of rotatable bonds is 9. The smallest absolute Gasteiger partial charge is 0.419 e. The molecule has 2 aromatic carbocycles. The Bertz CT molecular complexity index is 4980. The van der Waals surface area contributed by atoms with E-state index in [9.17, 15) is 105 Å². The maximum atomic E-state index is 14.7. The molecule has 0 saturated heterocycles. The van der Waals surface area contributed by atoms with Crippen LogP contribution in [0.15, 0.2) is 138 Å². The highest BCUT2D eigenvalue weighted by Crippen LogP contribution is 2.44. The lowest BCUT2D eigenvalue weighted by molar-refractivity contribution is -0.139. The number of hydrogen-bond donors (Lipinski definition) is 1. The van der Waals surface area contributed by atoms with Crippen molar-refractivity contribution in [3.8, 4) is 28.4 Å². The Hall–Kier alpha value is -7.73. The molecule has 9 aromatic rings. The molecule has 108 heavy (non-hydrogen) atoms. The van der Waals surface area contributed by atoms with Gasteiger partial charge in [0, 0.05) is 101 Å². The third kappa shape index (κ3) is 22.5. The predicted octanol–water partition coefficient (Wildman–Crippen LogP) is 20.3. The van der Waals surface area contributed by atoms with Crippen LogP contribution in [-0.4, -0.2) is 101 Å². The van der Waals surface area contributed by atoms with E-state index in [1.807, 2.05) is 0 Å². The Morgan fingerprint density at radius 2 is 0.981 bits per heavy atom. The number of fused-ring (bicyclic) bond motifs is 2. The maximum absolute atomic E-state index is 14.7. The molecule has 0 amide bonds. The second kappa shape index (κ2) is 34.3. The number of nitrogens with zero attached hydrogens (tertiary/aromatic N) is 8. The summed E-state index contributed by atoms with van der Waals surface area (Å²) in [4.78, 5) is 37.4. The van der Waals surface area contributed by atoms with Gasteiger partial charge in [-0.15, -0.1) is 11.8 Å². The van der Waals surface area contributed by atoms with Crippen LogP contribution in [0.2, 0.25) is 5.15 Å². The van der Waals surface area contributed by atoms with E-state index >= 15 is 0 Å². The molecule has 0 fully saturated rings. The molecule has 1 N–H and O–H groups in total. The number of aromatic amines is 1. The Morgan fingerprint density at radius 3 is 1.45 bits per heavy atom. The summed E-state index contributed by atoms with van der Waals surface area (Å²) in [6, 6.07) is 13.4. The van der Waals surface area contributed by atoms with Gasteiger partial charge in [-0.2, -0.15) is 65.9 Å². The van der Waals surface area contributed by atoms with Crippen LogP contribution < -0.4 is 14.5 Å². The van der Waals surface area contributed by atoms with Crippen LogP contribution in [0.5, 0.6) is 5.88 Å². The Labute approximate surface area is 637 Å². The first-order valence-corrected chi connectivity index (χ1v) is 38.1. The van der Waals surface area contributed by atoms with E-state index in [2.05, 4.69) is 77.7 Å². The molecule has 0 saturated carbocycles. The highest BCUT2D eigenvalue weighted by Gasteiger charge is 2.41. The molecule has 2 aliphatic heterocycles. The molecular weight excluding hydrogens is 1760 g/mol. The highest BCUT2D eigenvalue weighted by atomic mass is 79.9. The van der Waals surface area contributed by atoms with Crippen molar-refractivity contribution in [3.05, 3.63) is 202 Å². The molecule has 7 aromatic heterocycles. The van der Waals surface area contributed by atoms with Crippen LogP contribution >= 0.6 is 71.2 Å². The summed E-state index contributed by atoms with van der Waals surface area (Å²) < 4.78 is 307. The summed E-state index contributed by atoms with van der Waals surface area (Å²) in [7, 11) is -7.74. The third-order valence-corrected chi connectivity index (χ3v) is 19.6. The van der Waals surface area contributed by atoms with Crippen LogP contribution in [0.1, 0.15) is 78.0 Å². The summed E-state index contributed by atoms with van der Waals surface area (Å²) in [5.41, 5.74) is -4.37.